The summed E-state index contributed by atoms with van der Waals surface area (Å²) >= 11 is 5.45. The highest BCUT2D eigenvalue weighted by molar-refractivity contribution is 6.32. The molecule has 0 heterocycles. The van der Waals surface area contributed by atoms with Gasteiger partial charge in [0.05, 0.1) is 0 Å². The maximum atomic E-state index is 12.7. The lowest BCUT2D eigenvalue weighted by Crippen LogP contribution is -2.05. The van der Waals surface area contributed by atoms with Crippen molar-refractivity contribution in [2.75, 3.05) is 0 Å². The summed E-state index contributed by atoms with van der Waals surface area (Å²) in [6, 6.07) is 2.24. The van der Waals surface area contributed by atoms with E-state index < -0.39 is 5.82 Å². The number of rotatable bonds is 1. The maximum absolute atomic E-state index is 12.7. The Morgan fingerprint density at radius 1 is 1.58 bits per heavy atom. The number of halogens is 2. The first kappa shape index (κ1) is 9.29. The van der Waals surface area contributed by atoms with Crippen LogP contribution in [-0.2, 0) is 0 Å². The zero-order chi connectivity index (χ0) is 9.30. The predicted octanol–water partition coefficient (Wildman–Crippen LogP) is 2.20. The van der Waals surface area contributed by atoms with Gasteiger partial charge in [-0.1, -0.05) is 17.7 Å². The molecule has 0 aliphatic carbocycles. The van der Waals surface area contributed by atoms with Gasteiger partial charge in [-0.15, -0.1) is 0 Å². The second kappa shape index (κ2) is 3.29. The molecule has 3 N–H and O–H groups in total. The van der Waals surface area contributed by atoms with Crippen LogP contribution in [0.25, 0.3) is 0 Å². The average Bonchev–Trinajstić information content (AvgIpc) is 2.00. The van der Waals surface area contributed by atoms with Crippen LogP contribution in [0.5, 0.6) is 5.75 Å². The van der Waals surface area contributed by atoms with Crippen molar-refractivity contribution in [3.8, 4) is 5.75 Å². The van der Waals surface area contributed by atoms with Crippen molar-refractivity contribution < 1.29 is 9.50 Å². The number of hydrogen-bond acceptors (Lipinski definition) is 2. The van der Waals surface area contributed by atoms with E-state index in [0.29, 0.717) is 5.56 Å². The van der Waals surface area contributed by atoms with Gasteiger partial charge >= 0.3 is 0 Å². The molecule has 0 radical (unpaired) electrons. The molecule has 0 aliphatic heterocycles. The summed E-state index contributed by atoms with van der Waals surface area (Å²) in [5.74, 6) is -0.912. The number of hydrogen-bond donors (Lipinski definition) is 2. The van der Waals surface area contributed by atoms with E-state index in [4.69, 9.17) is 17.3 Å². The molecule has 0 bridgehead atoms. The minimum absolute atomic E-state index is 0.272. The smallest absolute Gasteiger partial charge is 0.145 e. The van der Waals surface area contributed by atoms with Gasteiger partial charge in [0.15, 0.2) is 0 Å². The molecule has 0 aliphatic rings. The van der Waals surface area contributed by atoms with Gasteiger partial charge in [0.1, 0.15) is 16.6 Å². The molecule has 12 heavy (non-hydrogen) atoms. The van der Waals surface area contributed by atoms with Gasteiger partial charge in [0.2, 0.25) is 0 Å². The highest BCUT2D eigenvalue weighted by Crippen LogP contribution is 2.32. The summed E-state index contributed by atoms with van der Waals surface area (Å²) in [7, 11) is 0. The Hall–Kier alpha value is -0.800. The Balaban J connectivity index is 3.27. The molecule has 4 heteroatoms. The fraction of sp³-hybridized carbons (Fsp3) is 0.250. The third-order valence-corrected chi connectivity index (χ3v) is 1.95. The second-order valence-corrected chi connectivity index (χ2v) is 2.97. The van der Waals surface area contributed by atoms with Crippen molar-refractivity contribution in [3.05, 3.63) is 28.5 Å². The van der Waals surface area contributed by atoms with Gasteiger partial charge in [-0.25, -0.2) is 4.39 Å². The normalized spacial score (nSPS) is 13.0. The van der Waals surface area contributed by atoms with E-state index in [1.165, 1.54) is 12.1 Å². The summed E-state index contributed by atoms with van der Waals surface area (Å²) in [4.78, 5) is 0. The molecule has 0 spiro atoms. The highest BCUT2D eigenvalue weighted by Gasteiger charge is 2.12. The molecule has 0 amide bonds. The molecule has 0 aromatic heterocycles. The van der Waals surface area contributed by atoms with E-state index in [1.807, 2.05) is 0 Å². The van der Waals surface area contributed by atoms with Crippen molar-refractivity contribution >= 4 is 11.6 Å². The van der Waals surface area contributed by atoms with Crippen molar-refractivity contribution in [1.82, 2.24) is 0 Å². The van der Waals surface area contributed by atoms with Crippen molar-refractivity contribution in [2.45, 2.75) is 13.0 Å². The van der Waals surface area contributed by atoms with E-state index >= 15 is 0 Å². The van der Waals surface area contributed by atoms with Gasteiger partial charge in [0.25, 0.3) is 0 Å². The Bertz CT molecular complexity index is 301. The number of benzene rings is 1. The lowest BCUT2D eigenvalue weighted by atomic mass is 10.1. The van der Waals surface area contributed by atoms with E-state index in [-0.39, 0.29) is 16.8 Å². The van der Waals surface area contributed by atoms with Crippen LogP contribution in [0.15, 0.2) is 12.1 Å². The van der Waals surface area contributed by atoms with Crippen LogP contribution in [0.2, 0.25) is 5.02 Å². The lowest BCUT2D eigenvalue weighted by Gasteiger charge is -2.09. The van der Waals surface area contributed by atoms with Gasteiger partial charge < -0.3 is 10.8 Å². The van der Waals surface area contributed by atoms with Gasteiger partial charge in [0, 0.05) is 11.6 Å². The summed E-state index contributed by atoms with van der Waals surface area (Å²) in [5.41, 5.74) is 5.94. The molecule has 1 atom stereocenters. The Morgan fingerprint density at radius 3 is 2.67 bits per heavy atom. The highest BCUT2D eigenvalue weighted by atomic mass is 35.5. The third kappa shape index (κ3) is 1.52. The molecule has 0 saturated carbocycles. The minimum Gasteiger partial charge on any atom is -0.506 e. The molecule has 66 valence electrons. The Labute approximate surface area is 74.8 Å². The van der Waals surface area contributed by atoms with Crippen LogP contribution in [0, 0.1) is 5.82 Å². The quantitative estimate of drug-likeness (QED) is 0.712. The van der Waals surface area contributed by atoms with E-state index in [9.17, 15) is 9.50 Å². The Morgan fingerprint density at radius 2 is 2.17 bits per heavy atom. The van der Waals surface area contributed by atoms with Crippen LogP contribution in [0.4, 0.5) is 4.39 Å². The van der Waals surface area contributed by atoms with E-state index in [0.717, 1.165) is 0 Å². The third-order valence-electron chi connectivity index (χ3n) is 1.59. The van der Waals surface area contributed by atoms with Crippen molar-refractivity contribution in [1.29, 1.82) is 0 Å². The molecule has 1 rings (SSSR count). The van der Waals surface area contributed by atoms with Crippen LogP contribution in [0.3, 0.4) is 0 Å². The summed E-state index contributed by atoms with van der Waals surface area (Å²) in [5, 5.41) is 9.02. The molecule has 2 nitrogen and oxygen atoms in total. The van der Waals surface area contributed by atoms with Gasteiger partial charge in [-0.05, 0) is 13.0 Å². The molecule has 1 aromatic rings. The largest absolute Gasteiger partial charge is 0.506 e. The van der Waals surface area contributed by atoms with Crippen LogP contribution in [0.1, 0.15) is 18.5 Å². The minimum atomic E-state index is -0.640. The second-order valence-electron chi connectivity index (χ2n) is 2.59. The van der Waals surface area contributed by atoms with Crippen molar-refractivity contribution in [3.63, 3.8) is 0 Å². The van der Waals surface area contributed by atoms with Gasteiger partial charge in [-0.3, -0.25) is 0 Å². The zero-order valence-electron chi connectivity index (χ0n) is 6.51. The molecular weight excluding hydrogens is 181 g/mol. The first-order valence-corrected chi connectivity index (χ1v) is 3.84. The molecule has 1 aromatic carbocycles. The summed E-state index contributed by atoms with van der Waals surface area (Å²) in [6.45, 7) is 1.68. The Kier molecular flexibility index (Phi) is 2.55. The fourth-order valence-electron chi connectivity index (χ4n) is 0.922. The number of phenolic OH excluding ortho intramolecular Hbond substituents is 1. The number of phenols is 1. The zero-order valence-corrected chi connectivity index (χ0v) is 7.27. The maximum Gasteiger partial charge on any atom is 0.145 e. The van der Waals surface area contributed by atoms with Crippen LogP contribution < -0.4 is 5.73 Å². The fourth-order valence-corrected chi connectivity index (χ4v) is 1.09. The molecule has 0 fully saturated rings. The van der Waals surface area contributed by atoms with E-state index in [1.54, 1.807) is 6.92 Å². The average molecular weight is 190 g/mol. The number of aromatic hydroxyl groups is 1. The SMILES string of the molecule is C[C@@H](N)c1ccc(F)c(Cl)c1O. The molecule has 0 saturated heterocycles. The van der Waals surface area contributed by atoms with Crippen LogP contribution >= 0.6 is 11.6 Å². The first-order chi connectivity index (χ1) is 5.54. The van der Waals surface area contributed by atoms with Crippen molar-refractivity contribution in [2.24, 2.45) is 5.73 Å². The predicted molar refractivity (Wildman–Crippen MR) is 45.7 cm³/mol. The topological polar surface area (TPSA) is 46.2 Å². The summed E-state index contributed by atoms with van der Waals surface area (Å²) in [6.07, 6.45) is 0. The lowest BCUT2D eigenvalue weighted by molar-refractivity contribution is 0.458. The first-order valence-electron chi connectivity index (χ1n) is 3.46. The summed E-state index contributed by atoms with van der Waals surface area (Å²) < 4.78 is 12.7. The van der Waals surface area contributed by atoms with E-state index in [2.05, 4.69) is 0 Å². The standard InChI is InChI=1S/C8H9ClFNO/c1-4(11)5-2-3-6(10)7(9)8(5)12/h2-4,12H,11H2,1H3/t4-/m1/s1. The molecule has 0 unspecified atom stereocenters. The van der Waals surface area contributed by atoms with Crippen LogP contribution in [-0.4, -0.2) is 5.11 Å². The number of nitrogens with two attached hydrogens (primary N) is 1. The molecular formula is C8H9ClFNO. The monoisotopic (exact) mass is 189 g/mol. The van der Waals surface area contributed by atoms with Gasteiger partial charge in [-0.2, -0.15) is 0 Å².